The van der Waals surface area contributed by atoms with Crippen molar-refractivity contribution in [1.82, 2.24) is 25.4 Å². The number of benzene rings is 1. The summed E-state index contributed by atoms with van der Waals surface area (Å²) >= 11 is 0. The van der Waals surface area contributed by atoms with Crippen LogP contribution in [0, 0.1) is 11.6 Å². The third-order valence-electron chi connectivity index (χ3n) is 5.01. The first-order valence-corrected chi connectivity index (χ1v) is 9.74. The van der Waals surface area contributed by atoms with E-state index >= 15 is 0 Å². The number of guanidine groups is 1. The van der Waals surface area contributed by atoms with Gasteiger partial charge in [0.05, 0.1) is 5.69 Å². The minimum absolute atomic E-state index is 0.109. The van der Waals surface area contributed by atoms with Gasteiger partial charge in [-0.05, 0) is 42.3 Å². The van der Waals surface area contributed by atoms with Crippen molar-refractivity contribution in [1.29, 1.82) is 0 Å². The molecule has 156 valence electrons. The lowest BCUT2D eigenvalue weighted by Crippen LogP contribution is -2.44. The Morgan fingerprint density at radius 2 is 2.13 bits per heavy atom. The predicted molar refractivity (Wildman–Crippen MR) is 112 cm³/mol. The molecule has 1 atom stereocenters. The van der Waals surface area contributed by atoms with Gasteiger partial charge in [-0.15, -0.1) is 0 Å². The summed E-state index contributed by atoms with van der Waals surface area (Å²) in [5.74, 6) is 0.305. The van der Waals surface area contributed by atoms with E-state index in [0.29, 0.717) is 31.3 Å². The third-order valence-corrected chi connectivity index (χ3v) is 5.01. The number of nitrogens with one attached hydrogen (secondary N) is 2. The number of hydrogen-bond donors (Lipinski definition) is 2. The molecule has 1 aromatic carbocycles. The molecule has 0 spiro atoms. The molecule has 0 aliphatic carbocycles. The summed E-state index contributed by atoms with van der Waals surface area (Å²) in [5.41, 5.74) is 1.46. The molecule has 4 rings (SSSR count). The fraction of sp³-hybridized carbons (Fsp3) is 0.286. The molecule has 9 heteroatoms. The quantitative estimate of drug-likeness (QED) is 0.499. The normalized spacial score (nSPS) is 16.7. The van der Waals surface area contributed by atoms with Crippen LogP contribution in [0.4, 0.5) is 14.5 Å². The van der Waals surface area contributed by atoms with E-state index in [0.717, 1.165) is 23.9 Å². The van der Waals surface area contributed by atoms with E-state index in [4.69, 9.17) is 0 Å². The van der Waals surface area contributed by atoms with Crippen LogP contribution < -0.4 is 15.5 Å². The Kier molecular flexibility index (Phi) is 5.87. The fourth-order valence-corrected chi connectivity index (χ4v) is 3.51. The van der Waals surface area contributed by atoms with Crippen LogP contribution in [0.5, 0.6) is 0 Å². The minimum Gasteiger partial charge on any atom is -0.367 e. The van der Waals surface area contributed by atoms with Crippen LogP contribution in [0.1, 0.15) is 12.0 Å². The molecule has 7 nitrogen and oxygen atoms in total. The van der Waals surface area contributed by atoms with Crippen molar-refractivity contribution >= 4 is 11.6 Å². The number of hydrogen-bond acceptors (Lipinski definition) is 4. The number of halogens is 2. The smallest absolute Gasteiger partial charge is 0.191 e. The zero-order valence-electron chi connectivity index (χ0n) is 16.6. The van der Waals surface area contributed by atoms with Crippen LogP contribution in [-0.4, -0.2) is 46.9 Å². The summed E-state index contributed by atoms with van der Waals surface area (Å²) < 4.78 is 28.9. The maximum Gasteiger partial charge on any atom is 0.191 e. The van der Waals surface area contributed by atoms with Crippen molar-refractivity contribution in [3.63, 3.8) is 0 Å². The van der Waals surface area contributed by atoms with E-state index < -0.39 is 11.6 Å². The summed E-state index contributed by atoms with van der Waals surface area (Å²) in [7, 11) is 1.71. The number of nitrogens with zero attached hydrogens (tertiary/aromatic N) is 5. The lowest BCUT2D eigenvalue weighted by atomic mass is 10.2. The lowest BCUT2D eigenvalue weighted by molar-refractivity contribution is 0.580. The largest absolute Gasteiger partial charge is 0.367 e. The predicted octanol–water partition coefficient (Wildman–Crippen LogP) is 2.49. The van der Waals surface area contributed by atoms with Gasteiger partial charge in [0.25, 0.3) is 0 Å². The van der Waals surface area contributed by atoms with E-state index in [1.807, 2.05) is 29.3 Å². The van der Waals surface area contributed by atoms with Crippen molar-refractivity contribution < 1.29 is 8.78 Å². The number of aliphatic imine (C=N–C) groups is 1. The highest BCUT2D eigenvalue weighted by Gasteiger charge is 2.25. The molecule has 1 saturated heterocycles. The van der Waals surface area contributed by atoms with Crippen LogP contribution in [0.25, 0.3) is 5.82 Å². The Morgan fingerprint density at radius 1 is 1.23 bits per heavy atom. The van der Waals surface area contributed by atoms with E-state index in [9.17, 15) is 8.78 Å². The number of aromatic nitrogens is 3. The molecule has 2 N–H and O–H groups in total. The highest BCUT2D eigenvalue weighted by atomic mass is 19.1. The standard InChI is InChI=1S/C21H23F2N7/c1-24-21(26-13-15-5-8-25-20(11-15)30-9-2-7-27-30)28-17-6-10-29(14-17)19-4-3-16(22)12-18(19)23/h2-5,7-9,11-12,17H,6,10,13-14H2,1H3,(H2,24,26,28). The molecule has 1 fully saturated rings. The molecule has 0 bridgehead atoms. The van der Waals surface area contributed by atoms with Gasteiger partial charge in [-0.3, -0.25) is 4.99 Å². The zero-order valence-corrected chi connectivity index (χ0v) is 16.6. The van der Waals surface area contributed by atoms with Gasteiger partial charge >= 0.3 is 0 Å². The van der Waals surface area contributed by atoms with E-state index in [-0.39, 0.29) is 6.04 Å². The second kappa shape index (κ2) is 8.89. The van der Waals surface area contributed by atoms with Gasteiger partial charge in [-0.25, -0.2) is 18.4 Å². The maximum absolute atomic E-state index is 14.1. The first-order valence-electron chi connectivity index (χ1n) is 9.74. The van der Waals surface area contributed by atoms with Crippen molar-refractivity contribution in [2.45, 2.75) is 19.0 Å². The van der Waals surface area contributed by atoms with Crippen LogP contribution in [0.3, 0.4) is 0 Å². The van der Waals surface area contributed by atoms with E-state index in [2.05, 4.69) is 25.7 Å². The molecule has 30 heavy (non-hydrogen) atoms. The van der Waals surface area contributed by atoms with Crippen molar-refractivity contribution in [2.75, 3.05) is 25.0 Å². The topological polar surface area (TPSA) is 70.4 Å². The summed E-state index contributed by atoms with van der Waals surface area (Å²) in [4.78, 5) is 10.5. The SMILES string of the molecule is CN=C(NCc1ccnc(-n2cccn2)c1)NC1CCN(c2ccc(F)cc2F)C1. The van der Waals surface area contributed by atoms with Gasteiger partial charge in [-0.1, -0.05) is 0 Å². The zero-order chi connectivity index (χ0) is 20.9. The molecule has 1 aliphatic heterocycles. The first-order chi connectivity index (χ1) is 14.6. The summed E-state index contributed by atoms with van der Waals surface area (Å²) in [5, 5.41) is 10.9. The molecule has 0 saturated carbocycles. The Balaban J connectivity index is 1.33. The second-order valence-electron chi connectivity index (χ2n) is 7.07. The van der Waals surface area contributed by atoms with Gasteiger partial charge in [-0.2, -0.15) is 5.10 Å². The molecule has 1 unspecified atom stereocenters. The van der Waals surface area contributed by atoms with Gasteiger partial charge in [0, 0.05) is 57.4 Å². The van der Waals surface area contributed by atoms with Crippen LogP contribution >= 0.6 is 0 Å². The average molecular weight is 411 g/mol. The number of pyridine rings is 1. The number of rotatable bonds is 5. The summed E-state index contributed by atoms with van der Waals surface area (Å²) in [6.45, 7) is 1.87. The van der Waals surface area contributed by atoms with Crippen molar-refractivity contribution in [3.05, 3.63) is 72.2 Å². The van der Waals surface area contributed by atoms with E-state index in [1.165, 1.54) is 12.1 Å². The Hall–Kier alpha value is -3.49. The first kappa shape index (κ1) is 19.8. The summed E-state index contributed by atoms with van der Waals surface area (Å²) in [6, 6.07) is 9.54. The van der Waals surface area contributed by atoms with Gasteiger partial charge in [0.1, 0.15) is 11.6 Å². The summed E-state index contributed by atoms with van der Waals surface area (Å²) in [6.07, 6.45) is 6.13. The van der Waals surface area contributed by atoms with Crippen LogP contribution in [0.2, 0.25) is 0 Å². The van der Waals surface area contributed by atoms with Gasteiger partial charge in [0.15, 0.2) is 11.8 Å². The second-order valence-corrected chi connectivity index (χ2v) is 7.07. The van der Waals surface area contributed by atoms with Crippen LogP contribution in [0.15, 0.2) is 60.0 Å². The van der Waals surface area contributed by atoms with Crippen LogP contribution in [-0.2, 0) is 6.54 Å². The molecule has 3 heterocycles. The van der Waals surface area contributed by atoms with Crippen molar-refractivity contribution in [2.24, 2.45) is 4.99 Å². The highest BCUT2D eigenvalue weighted by molar-refractivity contribution is 5.80. The van der Waals surface area contributed by atoms with Gasteiger partial charge in [0.2, 0.25) is 0 Å². The van der Waals surface area contributed by atoms with E-state index in [1.54, 1.807) is 24.1 Å². The monoisotopic (exact) mass is 411 g/mol. The van der Waals surface area contributed by atoms with Gasteiger partial charge < -0.3 is 15.5 Å². The molecular formula is C21H23F2N7. The maximum atomic E-state index is 14.1. The Labute approximate surface area is 173 Å². The fourth-order valence-electron chi connectivity index (χ4n) is 3.51. The Bertz CT molecular complexity index is 1020. The Morgan fingerprint density at radius 3 is 2.90 bits per heavy atom. The third kappa shape index (κ3) is 4.56. The molecule has 0 radical (unpaired) electrons. The highest BCUT2D eigenvalue weighted by Crippen LogP contribution is 2.24. The molecule has 2 aromatic heterocycles. The molecule has 0 amide bonds. The lowest BCUT2D eigenvalue weighted by Gasteiger charge is -2.21. The average Bonchev–Trinajstić information content (AvgIpc) is 3.44. The number of anilines is 1. The minimum atomic E-state index is -0.568. The molecular weight excluding hydrogens is 388 g/mol. The molecule has 1 aliphatic rings. The van der Waals surface area contributed by atoms with Crippen molar-refractivity contribution in [3.8, 4) is 5.82 Å². The molecule has 3 aromatic rings.